The maximum atomic E-state index is 10.6. The van der Waals surface area contributed by atoms with E-state index in [0.717, 1.165) is 42.7 Å². The van der Waals surface area contributed by atoms with Crippen molar-refractivity contribution in [3.63, 3.8) is 0 Å². The summed E-state index contributed by atoms with van der Waals surface area (Å²) in [5, 5.41) is 0. The molecule has 6 heteroatoms. The Hall–Kier alpha value is -2.05. The highest BCUT2D eigenvalue weighted by atomic mass is 32.2. The Morgan fingerprint density at radius 2 is 1.31 bits per heavy atom. The lowest BCUT2D eigenvalue weighted by Crippen LogP contribution is -2.03. The van der Waals surface area contributed by atoms with E-state index in [0.29, 0.717) is 19.6 Å². The van der Waals surface area contributed by atoms with Crippen LogP contribution in [0.2, 0.25) is 0 Å². The molecule has 2 rings (SSSR count). The van der Waals surface area contributed by atoms with Crippen LogP contribution in [0.5, 0.6) is 11.5 Å². The average Bonchev–Trinajstić information content (AvgIpc) is 2.63. The van der Waals surface area contributed by atoms with Gasteiger partial charge in [-0.2, -0.15) is 8.42 Å². The summed E-state index contributed by atoms with van der Waals surface area (Å²) in [6, 6.07) is 17.6. The largest absolute Gasteiger partial charge is 0.494 e. The van der Waals surface area contributed by atoms with Crippen LogP contribution in [0, 0.1) is 0 Å². The molecule has 142 valence electrons. The van der Waals surface area contributed by atoms with E-state index in [-0.39, 0.29) is 5.75 Å². The first-order valence-electron chi connectivity index (χ1n) is 8.88. The lowest BCUT2D eigenvalue weighted by Gasteiger charge is -2.09. The third kappa shape index (κ3) is 8.87. The smallest absolute Gasteiger partial charge is 0.264 e. The van der Waals surface area contributed by atoms with E-state index in [4.69, 9.17) is 14.0 Å². The topological polar surface area (TPSA) is 72.8 Å². The zero-order valence-corrected chi connectivity index (χ0v) is 15.7. The molecule has 0 aromatic heterocycles. The first-order valence-corrected chi connectivity index (χ1v) is 10.5. The Labute approximate surface area is 155 Å². The van der Waals surface area contributed by atoms with Gasteiger partial charge in [0, 0.05) is 0 Å². The van der Waals surface area contributed by atoms with Gasteiger partial charge in [0.1, 0.15) is 18.1 Å². The van der Waals surface area contributed by atoms with Gasteiger partial charge in [-0.05, 0) is 42.7 Å². The zero-order chi connectivity index (χ0) is 18.7. The molecule has 0 saturated carbocycles. The summed E-state index contributed by atoms with van der Waals surface area (Å²) in [5.41, 5.74) is 1.13. The SMILES string of the molecule is O=S(=O)(O)CCCCCCCOc1ccc(OCc2ccccc2)cc1. The van der Waals surface area contributed by atoms with Crippen molar-refractivity contribution in [1.29, 1.82) is 0 Å². The number of hydrogen-bond acceptors (Lipinski definition) is 4. The molecule has 0 unspecified atom stereocenters. The minimum absolute atomic E-state index is 0.151. The van der Waals surface area contributed by atoms with E-state index in [2.05, 4.69) is 0 Å². The van der Waals surface area contributed by atoms with Crippen LogP contribution in [0.1, 0.15) is 37.7 Å². The van der Waals surface area contributed by atoms with Gasteiger partial charge in [0.05, 0.1) is 12.4 Å². The van der Waals surface area contributed by atoms with Crippen LogP contribution in [-0.2, 0) is 16.7 Å². The molecule has 0 aliphatic carbocycles. The fourth-order valence-electron chi connectivity index (χ4n) is 2.48. The molecule has 0 radical (unpaired) electrons. The fourth-order valence-corrected chi connectivity index (χ4v) is 3.05. The highest BCUT2D eigenvalue weighted by molar-refractivity contribution is 7.85. The Morgan fingerprint density at radius 3 is 1.96 bits per heavy atom. The van der Waals surface area contributed by atoms with Gasteiger partial charge in [0.25, 0.3) is 10.1 Å². The van der Waals surface area contributed by atoms with Crippen molar-refractivity contribution in [3.8, 4) is 11.5 Å². The van der Waals surface area contributed by atoms with Gasteiger partial charge in [-0.3, -0.25) is 4.55 Å². The van der Waals surface area contributed by atoms with Crippen LogP contribution in [-0.4, -0.2) is 25.3 Å². The van der Waals surface area contributed by atoms with Crippen molar-refractivity contribution in [1.82, 2.24) is 0 Å². The summed E-state index contributed by atoms with van der Waals surface area (Å²) in [4.78, 5) is 0. The summed E-state index contributed by atoms with van der Waals surface area (Å²) in [6.07, 6.45) is 4.13. The van der Waals surface area contributed by atoms with Crippen molar-refractivity contribution in [2.24, 2.45) is 0 Å². The molecule has 0 aliphatic rings. The molecule has 2 aromatic rings. The normalized spacial score (nSPS) is 11.3. The fraction of sp³-hybridized carbons (Fsp3) is 0.400. The van der Waals surface area contributed by atoms with Crippen molar-refractivity contribution in [2.75, 3.05) is 12.4 Å². The summed E-state index contributed by atoms with van der Waals surface area (Å²) in [5.74, 6) is 1.46. The molecule has 0 aliphatic heterocycles. The molecule has 5 nitrogen and oxygen atoms in total. The summed E-state index contributed by atoms with van der Waals surface area (Å²) >= 11 is 0. The Balaban J connectivity index is 1.56. The van der Waals surface area contributed by atoms with E-state index < -0.39 is 10.1 Å². The van der Waals surface area contributed by atoms with E-state index in [1.165, 1.54) is 0 Å². The molecule has 0 amide bonds. The van der Waals surface area contributed by atoms with Crippen LogP contribution in [0.25, 0.3) is 0 Å². The zero-order valence-electron chi connectivity index (χ0n) is 14.8. The van der Waals surface area contributed by atoms with Crippen LogP contribution in [0.4, 0.5) is 0 Å². The molecule has 0 atom stereocenters. The second-order valence-corrected chi connectivity index (χ2v) is 7.72. The number of rotatable bonds is 12. The molecule has 0 bridgehead atoms. The Kier molecular flexibility index (Phi) is 8.44. The Morgan fingerprint density at radius 1 is 0.731 bits per heavy atom. The van der Waals surface area contributed by atoms with E-state index >= 15 is 0 Å². The minimum Gasteiger partial charge on any atom is -0.494 e. The van der Waals surface area contributed by atoms with Crippen LogP contribution < -0.4 is 9.47 Å². The van der Waals surface area contributed by atoms with Crippen LogP contribution in [0.15, 0.2) is 54.6 Å². The van der Waals surface area contributed by atoms with E-state index in [1.807, 2.05) is 54.6 Å². The van der Waals surface area contributed by atoms with Crippen molar-refractivity contribution in [3.05, 3.63) is 60.2 Å². The molecular weight excluding hydrogens is 352 g/mol. The number of benzene rings is 2. The molecule has 2 aromatic carbocycles. The van der Waals surface area contributed by atoms with Crippen molar-refractivity contribution < 1.29 is 22.4 Å². The Bertz CT molecular complexity index is 727. The van der Waals surface area contributed by atoms with Gasteiger partial charge in [-0.25, -0.2) is 0 Å². The van der Waals surface area contributed by atoms with Crippen molar-refractivity contribution in [2.45, 2.75) is 38.7 Å². The maximum Gasteiger partial charge on any atom is 0.264 e. The third-order valence-corrected chi connectivity index (χ3v) is 4.69. The maximum absolute atomic E-state index is 10.6. The van der Waals surface area contributed by atoms with Gasteiger partial charge in [-0.15, -0.1) is 0 Å². The average molecular weight is 378 g/mol. The van der Waals surface area contributed by atoms with Gasteiger partial charge < -0.3 is 9.47 Å². The number of hydrogen-bond donors (Lipinski definition) is 1. The first-order chi connectivity index (χ1) is 12.5. The highest BCUT2D eigenvalue weighted by Gasteiger charge is 2.03. The predicted octanol–water partition coefficient (Wildman–Crippen LogP) is 4.48. The minimum atomic E-state index is -3.82. The summed E-state index contributed by atoms with van der Waals surface area (Å²) < 4.78 is 41.2. The highest BCUT2D eigenvalue weighted by Crippen LogP contribution is 2.19. The van der Waals surface area contributed by atoms with Gasteiger partial charge in [-0.1, -0.05) is 49.6 Å². The summed E-state index contributed by atoms with van der Waals surface area (Å²) in [7, 11) is -3.82. The second-order valence-electron chi connectivity index (χ2n) is 6.15. The molecular formula is C20H26O5S. The van der Waals surface area contributed by atoms with Gasteiger partial charge in [0.15, 0.2) is 0 Å². The lowest BCUT2D eigenvalue weighted by atomic mass is 10.2. The molecule has 26 heavy (non-hydrogen) atoms. The van der Waals surface area contributed by atoms with Crippen molar-refractivity contribution >= 4 is 10.1 Å². The standard InChI is InChI=1S/C20H26O5S/c21-26(22,23)16-8-3-1-2-7-15-24-19-11-13-20(14-12-19)25-17-18-9-5-4-6-10-18/h4-6,9-14H,1-3,7-8,15-17H2,(H,21,22,23). The van der Waals surface area contributed by atoms with E-state index in [1.54, 1.807) is 0 Å². The first kappa shape index (κ1) is 20.3. The summed E-state index contributed by atoms with van der Waals surface area (Å²) in [6.45, 7) is 1.17. The molecule has 0 saturated heterocycles. The molecule has 0 fully saturated rings. The van der Waals surface area contributed by atoms with Gasteiger partial charge in [0.2, 0.25) is 0 Å². The monoisotopic (exact) mass is 378 g/mol. The number of ether oxygens (including phenoxy) is 2. The molecule has 0 spiro atoms. The van der Waals surface area contributed by atoms with Crippen LogP contribution in [0.3, 0.4) is 0 Å². The van der Waals surface area contributed by atoms with E-state index in [9.17, 15) is 8.42 Å². The third-order valence-electron chi connectivity index (χ3n) is 3.89. The lowest BCUT2D eigenvalue weighted by molar-refractivity contribution is 0.297. The number of unbranched alkanes of at least 4 members (excludes halogenated alkanes) is 4. The predicted molar refractivity (Wildman–Crippen MR) is 102 cm³/mol. The van der Waals surface area contributed by atoms with Gasteiger partial charge >= 0.3 is 0 Å². The molecule has 0 heterocycles. The van der Waals surface area contributed by atoms with Crippen LogP contribution >= 0.6 is 0 Å². The molecule has 1 N–H and O–H groups in total. The second kappa shape index (κ2) is 10.8. The quantitative estimate of drug-likeness (QED) is 0.435.